The summed E-state index contributed by atoms with van der Waals surface area (Å²) in [6, 6.07) is 3.49. The van der Waals surface area contributed by atoms with E-state index in [1.807, 2.05) is 6.92 Å². The molecule has 1 heterocycles. The lowest BCUT2D eigenvalue weighted by Gasteiger charge is -2.01. The van der Waals surface area contributed by atoms with Crippen LogP contribution in [0.4, 0.5) is 0 Å². The zero-order valence-electron chi connectivity index (χ0n) is 7.35. The first-order valence-corrected chi connectivity index (χ1v) is 5.77. The molecule has 2 rings (SSSR count). The fraction of sp³-hybridized carbons (Fsp3) is 0.200. The zero-order chi connectivity index (χ0) is 10.3. The highest BCUT2D eigenvalue weighted by Gasteiger charge is 2.13. The molecule has 0 saturated heterocycles. The lowest BCUT2D eigenvalue weighted by molar-refractivity contribution is 0.611. The number of benzene rings is 1. The van der Waals surface area contributed by atoms with Gasteiger partial charge in [-0.15, -0.1) is 0 Å². The Bertz CT molecular complexity index is 476. The van der Waals surface area contributed by atoms with Gasteiger partial charge in [-0.1, -0.05) is 39.1 Å². The van der Waals surface area contributed by atoms with Gasteiger partial charge in [0.1, 0.15) is 5.58 Å². The summed E-state index contributed by atoms with van der Waals surface area (Å²) in [6.45, 7) is 2.02. The summed E-state index contributed by atoms with van der Waals surface area (Å²) >= 11 is 15.4. The minimum atomic E-state index is 0.211. The summed E-state index contributed by atoms with van der Waals surface area (Å²) in [5.41, 5.74) is 1.77. The Hall–Kier alpha value is -0.180. The van der Waals surface area contributed by atoms with Crippen molar-refractivity contribution < 1.29 is 4.42 Å². The Morgan fingerprint density at radius 2 is 2.07 bits per heavy atom. The molecule has 1 nitrogen and oxygen atoms in total. The molecule has 74 valence electrons. The Labute approximate surface area is 100 Å². The summed E-state index contributed by atoms with van der Waals surface area (Å²) < 4.78 is 5.37. The zero-order valence-corrected chi connectivity index (χ0v) is 10.4. The van der Waals surface area contributed by atoms with Crippen LogP contribution in [0.2, 0.25) is 10.0 Å². The van der Waals surface area contributed by atoms with E-state index in [4.69, 9.17) is 27.6 Å². The molecule has 1 aromatic carbocycles. The standard InChI is InChI=1S/C10H7BrCl2O/c1-5(11)7-4-14-9-3-6(12)2-8(13)10(7)9/h2-5H,1H3. The summed E-state index contributed by atoms with van der Waals surface area (Å²) in [5.74, 6) is 0. The third kappa shape index (κ3) is 1.67. The van der Waals surface area contributed by atoms with E-state index in [1.54, 1.807) is 18.4 Å². The van der Waals surface area contributed by atoms with Crippen LogP contribution < -0.4 is 0 Å². The van der Waals surface area contributed by atoms with Crippen molar-refractivity contribution >= 4 is 50.1 Å². The average Bonchev–Trinajstić information content (AvgIpc) is 2.47. The lowest BCUT2D eigenvalue weighted by atomic mass is 10.1. The fourth-order valence-corrected chi connectivity index (χ4v) is 2.32. The highest BCUT2D eigenvalue weighted by molar-refractivity contribution is 9.09. The Morgan fingerprint density at radius 1 is 1.36 bits per heavy atom. The van der Waals surface area contributed by atoms with Gasteiger partial charge < -0.3 is 4.42 Å². The van der Waals surface area contributed by atoms with Gasteiger partial charge >= 0.3 is 0 Å². The molecule has 0 aliphatic carbocycles. The quantitative estimate of drug-likeness (QED) is 0.659. The van der Waals surface area contributed by atoms with E-state index in [9.17, 15) is 0 Å². The van der Waals surface area contributed by atoms with E-state index in [0.29, 0.717) is 10.0 Å². The smallest absolute Gasteiger partial charge is 0.137 e. The second kappa shape index (κ2) is 3.76. The topological polar surface area (TPSA) is 13.1 Å². The van der Waals surface area contributed by atoms with Gasteiger partial charge in [0.25, 0.3) is 0 Å². The van der Waals surface area contributed by atoms with Crippen molar-refractivity contribution in [3.8, 4) is 0 Å². The first-order chi connectivity index (χ1) is 6.59. The largest absolute Gasteiger partial charge is 0.464 e. The van der Waals surface area contributed by atoms with Crippen LogP contribution in [0.1, 0.15) is 17.3 Å². The normalized spacial score (nSPS) is 13.4. The number of furan rings is 1. The molecule has 0 fully saturated rings. The second-order valence-corrected chi connectivity index (χ2v) is 5.28. The van der Waals surface area contributed by atoms with E-state index in [1.165, 1.54) is 0 Å². The molecule has 0 bridgehead atoms. The van der Waals surface area contributed by atoms with Crippen molar-refractivity contribution in [2.75, 3.05) is 0 Å². The van der Waals surface area contributed by atoms with Crippen LogP contribution in [0.25, 0.3) is 11.0 Å². The van der Waals surface area contributed by atoms with Crippen LogP contribution in [-0.4, -0.2) is 0 Å². The number of halogens is 3. The van der Waals surface area contributed by atoms with E-state index in [2.05, 4.69) is 15.9 Å². The maximum atomic E-state index is 6.09. The minimum absolute atomic E-state index is 0.211. The van der Waals surface area contributed by atoms with Crippen molar-refractivity contribution in [1.82, 2.24) is 0 Å². The second-order valence-electron chi connectivity index (χ2n) is 3.07. The maximum absolute atomic E-state index is 6.09. The van der Waals surface area contributed by atoms with Crippen molar-refractivity contribution in [3.05, 3.63) is 34.0 Å². The van der Waals surface area contributed by atoms with Crippen molar-refractivity contribution in [3.63, 3.8) is 0 Å². The molecule has 0 amide bonds. The van der Waals surface area contributed by atoms with Gasteiger partial charge in [0.2, 0.25) is 0 Å². The van der Waals surface area contributed by atoms with Gasteiger partial charge in [-0.3, -0.25) is 0 Å². The molecule has 14 heavy (non-hydrogen) atoms. The summed E-state index contributed by atoms with van der Waals surface area (Å²) in [6.07, 6.45) is 1.70. The van der Waals surface area contributed by atoms with Crippen LogP contribution in [0.15, 0.2) is 22.8 Å². The predicted molar refractivity (Wildman–Crippen MR) is 63.6 cm³/mol. The van der Waals surface area contributed by atoms with Crippen LogP contribution in [0.5, 0.6) is 0 Å². The minimum Gasteiger partial charge on any atom is -0.464 e. The molecule has 0 radical (unpaired) electrons. The van der Waals surface area contributed by atoms with E-state index in [0.717, 1.165) is 16.5 Å². The fourth-order valence-electron chi connectivity index (χ4n) is 1.40. The van der Waals surface area contributed by atoms with Gasteiger partial charge in [-0.2, -0.15) is 0 Å². The third-order valence-electron chi connectivity index (χ3n) is 2.05. The highest BCUT2D eigenvalue weighted by atomic mass is 79.9. The molecular formula is C10H7BrCl2O. The molecule has 0 saturated carbocycles. The Kier molecular flexibility index (Phi) is 2.78. The van der Waals surface area contributed by atoms with Gasteiger partial charge in [0.15, 0.2) is 0 Å². The molecule has 4 heteroatoms. The van der Waals surface area contributed by atoms with Gasteiger partial charge in [0, 0.05) is 26.9 Å². The van der Waals surface area contributed by atoms with Crippen LogP contribution >= 0.6 is 39.1 Å². The summed E-state index contributed by atoms with van der Waals surface area (Å²) in [7, 11) is 0. The maximum Gasteiger partial charge on any atom is 0.137 e. The van der Waals surface area contributed by atoms with E-state index in [-0.39, 0.29) is 4.83 Å². The molecule has 0 aliphatic heterocycles. The van der Waals surface area contributed by atoms with Crippen molar-refractivity contribution in [1.29, 1.82) is 0 Å². The number of hydrogen-bond donors (Lipinski definition) is 0. The van der Waals surface area contributed by atoms with Crippen LogP contribution in [0, 0.1) is 0 Å². The predicted octanol–water partition coefficient (Wildman–Crippen LogP) is 5.20. The van der Waals surface area contributed by atoms with Gasteiger partial charge in [0.05, 0.1) is 11.3 Å². The van der Waals surface area contributed by atoms with Crippen LogP contribution in [0.3, 0.4) is 0 Å². The first-order valence-electron chi connectivity index (χ1n) is 4.10. The molecule has 0 spiro atoms. The number of fused-ring (bicyclic) bond motifs is 1. The monoisotopic (exact) mass is 292 g/mol. The number of hydrogen-bond acceptors (Lipinski definition) is 1. The first kappa shape index (κ1) is 10.3. The molecular weight excluding hydrogens is 287 g/mol. The van der Waals surface area contributed by atoms with Gasteiger partial charge in [-0.25, -0.2) is 0 Å². The molecule has 2 aromatic rings. The van der Waals surface area contributed by atoms with E-state index < -0.39 is 0 Å². The molecule has 0 aliphatic rings. The lowest BCUT2D eigenvalue weighted by Crippen LogP contribution is -1.80. The number of rotatable bonds is 1. The third-order valence-corrected chi connectivity index (χ3v) is 3.06. The Morgan fingerprint density at radius 3 is 2.71 bits per heavy atom. The highest BCUT2D eigenvalue weighted by Crippen LogP contribution is 2.37. The Balaban J connectivity index is 2.79. The van der Waals surface area contributed by atoms with Crippen molar-refractivity contribution in [2.45, 2.75) is 11.8 Å². The molecule has 1 aromatic heterocycles. The molecule has 1 atom stereocenters. The molecule has 1 unspecified atom stereocenters. The summed E-state index contributed by atoms with van der Waals surface area (Å²) in [4.78, 5) is 0.211. The average molecular weight is 294 g/mol. The SMILES string of the molecule is CC(Br)c1coc2cc(Cl)cc(Cl)c12. The number of alkyl halides is 1. The van der Waals surface area contributed by atoms with Crippen LogP contribution in [-0.2, 0) is 0 Å². The van der Waals surface area contributed by atoms with Gasteiger partial charge in [-0.05, 0) is 13.0 Å². The van der Waals surface area contributed by atoms with Crippen molar-refractivity contribution in [2.24, 2.45) is 0 Å². The molecule has 0 N–H and O–H groups in total. The summed E-state index contributed by atoms with van der Waals surface area (Å²) in [5, 5.41) is 2.15. The van der Waals surface area contributed by atoms with E-state index >= 15 is 0 Å².